The SMILES string of the molecule is COC1CN(S(=O)(=O)c2ccc(C)cc2)C(CO)(CO)O1. The minimum Gasteiger partial charge on any atom is -0.392 e. The average Bonchev–Trinajstić information content (AvgIpc) is 2.88. The van der Waals surface area contributed by atoms with Crippen molar-refractivity contribution in [1.82, 2.24) is 4.31 Å². The Balaban J connectivity index is 2.44. The highest BCUT2D eigenvalue weighted by Gasteiger charge is 2.52. The van der Waals surface area contributed by atoms with Gasteiger partial charge in [-0.05, 0) is 19.1 Å². The molecule has 0 amide bonds. The van der Waals surface area contributed by atoms with Crippen molar-refractivity contribution >= 4 is 10.0 Å². The van der Waals surface area contributed by atoms with E-state index in [-0.39, 0.29) is 11.4 Å². The van der Waals surface area contributed by atoms with Gasteiger partial charge in [-0.3, -0.25) is 0 Å². The number of methoxy groups -OCH3 is 1. The molecule has 0 radical (unpaired) electrons. The number of hydrogen-bond donors (Lipinski definition) is 2. The van der Waals surface area contributed by atoms with Crippen LogP contribution in [0.1, 0.15) is 5.56 Å². The topological polar surface area (TPSA) is 96.3 Å². The van der Waals surface area contributed by atoms with E-state index in [0.717, 1.165) is 9.87 Å². The quantitative estimate of drug-likeness (QED) is 0.772. The maximum Gasteiger partial charge on any atom is 0.245 e. The highest BCUT2D eigenvalue weighted by molar-refractivity contribution is 7.89. The van der Waals surface area contributed by atoms with Crippen molar-refractivity contribution in [3.63, 3.8) is 0 Å². The average molecular weight is 317 g/mol. The van der Waals surface area contributed by atoms with Gasteiger partial charge in [-0.1, -0.05) is 17.7 Å². The summed E-state index contributed by atoms with van der Waals surface area (Å²) in [6, 6.07) is 6.31. The summed E-state index contributed by atoms with van der Waals surface area (Å²) >= 11 is 0. The van der Waals surface area contributed by atoms with Crippen LogP contribution < -0.4 is 0 Å². The van der Waals surface area contributed by atoms with E-state index in [1.807, 2.05) is 6.92 Å². The first-order valence-electron chi connectivity index (χ1n) is 6.41. The van der Waals surface area contributed by atoms with E-state index in [4.69, 9.17) is 9.47 Å². The largest absolute Gasteiger partial charge is 0.392 e. The summed E-state index contributed by atoms with van der Waals surface area (Å²) in [4.78, 5) is 0.0692. The Hall–Kier alpha value is -1.03. The van der Waals surface area contributed by atoms with Crippen LogP contribution >= 0.6 is 0 Å². The van der Waals surface area contributed by atoms with Gasteiger partial charge in [-0.25, -0.2) is 8.42 Å². The van der Waals surface area contributed by atoms with Gasteiger partial charge in [0.05, 0.1) is 24.7 Å². The maximum atomic E-state index is 12.7. The van der Waals surface area contributed by atoms with Gasteiger partial charge in [0.15, 0.2) is 12.0 Å². The smallest absolute Gasteiger partial charge is 0.245 e. The summed E-state index contributed by atoms with van der Waals surface area (Å²) in [6.45, 7) is 0.402. The molecule has 2 rings (SSSR count). The van der Waals surface area contributed by atoms with Crippen LogP contribution in [-0.4, -0.2) is 61.8 Å². The zero-order valence-electron chi connectivity index (χ0n) is 11.9. The lowest BCUT2D eigenvalue weighted by Crippen LogP contribution is -2.53. The molecule has 0 aromatic heterocycles. The Kier molecular flexibility index (Phi) is 4.66. The van der Waals surface area contributed by atoms with Crippen LogP contribution in [0.15, 0.2) is 29.2 Å². The van der Waals surface area contributed by atoms with Gasteiger partial charge in [0, 0.05) is 7.11 Å². The van der Waals surface area contributed by atoms with E-state index in [0.29, 0.717) is 0 Å². The first kappa shape index (κ1) is 16.3. The van der Waals surface area contributed by atoms with E-state index in [9.17, 15) is 18.6 Å². The summed E-state index contributed by atoms with van der Waals surface area (Å²) in [6.07, 6.45) is -0.843. The third-order valence-corrected chi connectivity index (χ3v) is 5.42. The zero-order chi connectivity index (χ0) is 15.7. The van der Waals surface area contributed by atoms with Crippen molar-refractivity contribution in [1.29, 1.82) is 0 Å². The van der Waals surface area contributed by atoms with Crippen LogP contribution in [0.3, 0.4) is 0 Å². The Morgan fingerprint density at radius 2 is 1.90 bits per heavy atom. The second-order valence-electron chi connectivity index (χ2n) is 4.89. The van der Waals surface area contributed by atoms with Crippen LogP contribution in [0.5, 0.6) is 0 Å². The second kappa shape index (κ2) is 5.99. The van der Waals surface area contributed by atoms with E-state index >= 15 is 0 Å². The summed E-state index contributed by atoms with van der Waals surface area (Å²) in [7, 11) is -2.55. The molecule has 0 saturated carbocycles. The van der Waals surface area contributed by atoms with Gasteiger partial charge in [0.2, 0.25) is 10.0 Å². The van der Waals surface area contributed by atoms with Crippen molar-refractivity contribution < 1.29 is 28.1 Å². The molecule has 0 bridgehead atoms. The first-order chi connectivity index (χ1) is 9.89. The van der Waals surface area contributed by atoms with E-state index in [1.54, 1.807) is 12.1 Å². The van der Waals surface area contributed by atoms with Crippen molar-refractivity contribution in [2.45, 2.75) is 23.8 Å². The molecule has 1 saturated heterocycles. The summed E-state index contributed by atoms with van der Waals surface area (Å²) in [5, 5.41) is 19.0. The van der Waals surface area contributed by atoms with Crippen LogP contribution in [0.2, 0.25) is 0 Å². The molecule has 8 heteroatoms. The molecule has 1 aliphatic heterocycles. The normalized spacial score (nSPS) is 22.6. The molecule has 0 aliphatic carbocycles. The van der Waals surface area contributed by atoms with Gasteiger partial charge < -0.3 is 19.7 Å². The van der Waals surface area contributed by atoms with Crippen LogP contribution in [-0.2, 0) is 19.5 Å². The number of hydrogen-bond acceptors (Lipinski definition) is 6. The summed E-state index contributed by atoms with van der Waals surface area (Å²) in [5.41, 5.74) is -0.790. The predicted molar refractivity (Wildman–Crippen MR) is 73.9 cm³/mol. The van der Waals surface area contributed by atoms with Crippen LogP contribution in [0, 0.1) is 6.92 Å². The number of nitrogens with zero attached hydrogens (tertiary/aromatic N) is 1. The molecule has 7 nitrogen and oxygen atoms in total. The Morgan fingerprint density at radius 1 is 1.33 bits per heavy atom. The van der Waals surface area contributed by atoms with Gasteiger partial charge in [0.25, 0.3) is 0 Å². The number of aliphatic hydroxyl groups is 2. The molecule has 0 spiro atoms. The molecular weight excluding hydrogens is 298 g/mol. The number of aryl methyl sites for hydroxylation is 1. The zero-order valence-corrected chi connectivity index (χ0v) is 12.7. The lowest BCUT2D eigenvalue weighted by atomic mass is 10.2. The van der Waals surface area contributed by atoms with Crippen LogP contribution in [0.4, 0.5) is 0 Å². The fourth-order valence-corrected chi connectivity index (χ4v) is 3.85. The highest BCUT2D eigenvalue weighted by atomic mass is 32.2. The third kappa shape index (κ3) is 2.83. The first-order valence-corrected chi connectivity index (χ1v) is 7.85. The second-order valence-corrected chi connectivity index (χ2v) is 6.76. The molecule has 2 N–H and O–H groups in total. The molecule has 1 aromatic rings. The Morgan fingerprint density at radius 3 is 2.38 bits per heavy atom. The summed E-state index contributed by atoms with van der Waals surface area (Å²) < 4.78 is 36.7. The predicted octanol–water partition coefficient (Wildman–Crippen LogP) is -0.331. The molecule has 118 valence electrons. The fourth-order valence-electron chi connectivity index (χ4n) is 2.20. The van der Waals surface area contributed by atoms with Crippen molar-refractivity contribution in [2.24, 2.45) is 0 Å². The van der Waals surface area contributed by atoms with Gasteiger partial charge >= 0.3 is 0 Å². The molecule has 1 atom stereocenters. The molecule has 1 aromatic carbocycles. The van der Waals surface area contributed by atoms with E-state index in [2.05, 4.69) is 0 Å². The van der Waals surface area contributed by atoms with Gasteiger partial charge in [-0.15, -0.1) is 0 Å². The van der Waals surface area contributed by atoms with Crippen LogP contribution in [0.25, 0.3) is 0 Å². The highest BCUT2D eigenvalue weighted by Crippen LogP contribution is 2.33. The number of aliphatic hydroxyl groups excluding tert-OH is 2. The van der Waals surface area contributed by atoms with Crippen molar-refractivity contribution in [3.05, 3.63) is 29.8 Å². The van der Waals surface area contributed by atoms with Gasteiger partial charge in [0.1, 0.15) is 0 Å². The number of benzene rings is 1. The molecule has 1 heterocycles. The lowest BCUT2D eigenvalue weighted by molar-refractivity contribution is -0.193. The summed E-state index contributed by atoms with van der Waals surface area (Å²) in [5.74, 6) is 0. The number of ether oxygens (including phenoxy) is 2. The maximum absolute atomic E-state index is 12.7. The fraction of sp³-hybridized carbons (Fsp3) is 0.538. The molecule has 1 fully saturated rings. The third-order valence-electron chi connectivity index (χ3n) is 3.49. The Bertz CT molecular complexity index is 581. The minimum atomic E-state index is -3.92. The molecular formula is C13H19NO6S. The lowest BCUT2D eigenvalue weighted by Gasteiger charge is -2.32. The van der Waals surface area contributed by atoms with E-state index in [1.165, 1.54) is 19.2 Å². The minimum absolute atomic E-state index is 0.0692. The Labute approximate surface area is 123 Å². The molecule has 1 aliphatic rings. The standard InChI is InChI=1S/C13H19NO6S/c1-10-3-5-11(6-4-10)21(17,18)14-7-12(19-2)20-13(14,8-15)9-16/h3-6,12,15-16H,7-9H2,1-2H3. The van der Waals surface area contributed by atoms with Crippen molar-refractivity contribution in [3.8, 4) is 0 Å². The molecule has 21 heavy (non-hydrogen) atoms. The molecule has 1 unspecified atom stereocenters. The van der Waals surface area contributed by atoms with Crippen molar-refractivity contribution in [2.75, 3.05) is 26.9 Å². The number of rotatable bonds is 5. The number of sulfonamides is 1. The monoisotopic (exact) mass is 317 g/mol. The van der Waals surface area contributed by atoms with Gasteiger partial charge in [-0.2, -0.15) is 4.31 Å². The van der Waals surface area contributed by atoms with E-state index < -0.39 is 35.3 Å².